The molecule has 3 rings (SSSR count). The Morgan fingerprint density at radius 1 is 0.800 bits per heavy atom. The highest BCUT2D eigenvalue weighted by molar-refractivity contribution is 5.98. The van der Waals surface area contributed by atoms with Gasteiger partial charge in [-0.1, -0.05) is 17.3 Å². The van der Waals surface area contributed by atoms with Gasteiger partial charge in [-0.15, -0.1) is 0 Å². The van der Waals surface area contributed by atoms with Crippen molar-refractivity contribution in [2.45, 2.75) is 6.61 Å². The average molecular weight is 491 g/mol. The molecular weight excluding hydrogens is 474 g/mol. The van der Waals surface area contributed by atoms with Gasteiger partial charge in [0.15, 0.2) is 29.8 Å². The van der Waals surface area contributed by atoms with Gasteiger partial charge in [0.25, 0.3) is 5.91 Å². The first-order chi connectivity index (χ1) is 16.7. The number of rotatable bonds is 9. The fraction of sp³-hybridized carbons (Fsp3) is 0.0870. The van der Waals surface area contributed by atoms with Crippen molar-refractivity contribution in [3.63, 3.8) is 0 Å². The molecule has 0 bridgehead atoms. The van der Waals surface area contributed by atoms with E-state index in [0.29, 0.717) is 16.9 Å². The number of carbonyl (C=O) groups excluding carboxylic acids is 2. The van der Waals surface area contributed by atoms with E-state index >= 15 is 0 Å². The van der Waals surface area contributed by atoms with E-state index in [-0.39, 0.29) is 24.1 Å². The van der Waals surface area contributed by atoms with Crippen molar-refractivity contribution in [3.8, 4) is 11.5 Å². The summed E-state index contributed by atoms with van der Waals surface area (Å²) < 4.78 is 63.8. The lowest BCUT2D eigenvalue weighted by atomic mass is 10.1. The second kappa shape index (κ2) is 11.0. The summed E-state index contributed by atoms with van der Waals surface area (Å²) in [5.41, 5.74) is 11.6. The van der Waals surface area contributed by atoms with Crippen molar-refractivity contribution in [2.75, 3.05) is 6.61 Å². The third kappa shape index (κ3) is 6.47. The zero-order valence-electron chi connectivity index (χ0n) is 17.8. The predicted octanol–water partition coefficient (Wildman–Crippen LogP) is 3.16. The molecule has 12 heteroatoms. The van der Waals surface area contributed by atoms with Crippen LogP contribution in [0, 0.1) is 23.3 Å². The highest BCUT2D eigenvalue weighted by Gasteiger charge is 2.20. The van der Waals surface area contributed by atoms with Crippen LogP contribution in [0.1, 0.15) is 21.5 Å². The Balaban J connectivity index is 1.58. The second-order valence-electron chi connectivity index (χ2n) is 6.92. The molecule has 0 saturated carbocycles. The second-order valence-corrected chi connectivity index (χ2v) is 6.92. The van der Waals surface area contributed by atoms with Crippen molar-refractivity contribution in [1.82, 2.24) is 0 Å². The van der Waals surface area contributed by atoms with Crippen LogP contribution in [0.2, 0.25) is 0 Å². The smallest absolute Gasteiger partial charge is 0.365 e. The van der Waals surface area contributed by atoms with Crippen molar-refractivity contribution in [2.24, 2.45) is 16.6 Å². The molecule has 8 nitrogen and oxygen atoms in total. The number of hydrogen-bond acceptors (Lipinski definition) is 6. The van der Waals surface area contributed by atoms with E-state index in [4.69, 9.17) is 25.8 Å². The lowest BCUT2D eigenvalue weighted by Crippen LogP contribution is -2.20. The van der Waals surface area contributed by atoms with Gasteiger partial charge >= 0.3 is 5.97 Å². The monoisotopic (exact) mass is 491 g/mol. The number of benzene rings is 3. The van der Waals surface area contributed by atoms with E-state index in [2.05, 4.69) is 5.16 Å². The first-order valence-electron chi connectivity index (χ1n) is 9.76. The lowest BCUT2D eigenvalue weighted by molar-refractivity contribution is -0.119. The lowest BCUT2D eigenvalue weighted by Gasteiger charge is -2.10. The maximum atomic E-state index is 13.7. The molecule has 0 fully saturated rings. The molecule has 0 spiro atoms. The molecule has 0 atom stereocenters. The van der Waals surface area contributed by atoms with E-state index in [0.717, 1.165) is 0 Å². The van der Waals surface area contributed by atoms with Crippen LogP contribution in [0.15, 0.2) is 59.8 Å². The number of ether oxygens (including phenoxy) is 2. The van der Waals surface area contributed by atoms with Gasteiger partial charge in [0.2, 0.25) is 11.6 Å². The molecule has 0 aliphatic carbocycles. The van der Waals surface area contributed by atoms with Crippen LogP contribution in [0.3, 0.4) is 0 Å². The highest BCUT2D eigenvalue weighted by Crippen LogP contribution is 2.27. The Kier molecular flexibility index (Phi) is 7.87. The van der Waals surface area contributed by atoms with Gasteiger partial charge in [-0.05, 0) is 42.0 Å². The molecule has 0 aromatic heterocycles. The molecule has 3 aromatic carbocycles. The van der Waals surface area contributed by atoms with Gasteiger partial charge in [-0.2, -0.15) is 8.78 Å². The summed E-state index contributed by atoms with van der Waals surface area (Å²) >= 11 is 0. The molecule has 0 aliphatic rings. The molecule has 3 aromatic rings. The summed E-state index contributed by atoms with van der Waals surface area (Å²) in [6.07, 6.45) is 0. The Morgan fingerprint density at radius 3 is 1.94 bits per heavy atom. The first-order valence-corrected chi connectivity index (χ1v) is 9.76. The largest absolute Gasteiger partial charge is 0.484 e. The van der Waals surface area contributed by atoms with Crippen molar-refractivity contribution < 1.29 is 41.5 Å². The SMILES string of the molecule is NC(=O)COc1ccc(/C(N)=N/OC(=O)c2ccc(COc3c(F)c(F)cc(F)c3F)cc2)cc1. The van der Waals surface area contributed by atoms with Crippen molar-refractivity contribution >= 4 is 17.7 Å². The zero-order valence-corrected chi connectivity index (χ0v) is 17.8. The molecule has 0 saturated heterocycles. The minimum Gasteiger partial charge on any atom is -0.484 e. The van der Waals surface area contributed by atoms with Gasteiger partial charge in [0, 0.05) is 11.6 Å². The Bertz CT molecular complexity index is 1240. The average Bonchev–Trinajstić information content (AvgIpc) is 2.85. The number of primary amides is 1. The number of hydrogen-bond donors (Lipinski definition) is 2. The number of halogens is 4. The summed E-state index contributed by atoms with van der Waals surface area (Å²) in [5, 5.41) is 3.56. The maximum Gasteiger partial charge on any atom is 0.365 e. The fourth-order valence-electron chi connectivity index (χ4n) is 2.64. The van der Waals surface area contributed by atoms with Crippen LogP contribution in [-0.4, -0.2) is 24.3 Å². The highest BCUT2D eigenvalue weighted by atomic mass is 19.2. The quantitative estimate of drug-likeness (QED) is 0.118. The number of amides is 1. The number of amidine groups is 1. The molecule has 4 N–H and O–H groups in total. The molecular formula is C23H17F4N3O5. The number of carbonyl (C=O) groups is 2. The third-order valence-corrected chi connectivity index (χ3v) is 4.40. The van der Waals surface area contributed by atoms with E-state index in [9.17, 15) is 27.2 Å². The summed E-state index contributed by atoms with van der Waals surface area (Å²) in [6, 6.07) is 11.5. The Hall–Kier alpha value is -4.61. The topological polar surface area (TPSA) is 126 Å². The molecule has 0 unspecified atom stereocenters. The molecule has 0 aliphatic heterocycles. The molecule has 35 heavy (non-hydrogen) atoms. The molecule has 0 heterocycles. The van der Waals surface area contributed by atoms with Gasteiger partial charge in [-0.3, -0.25) is 4.79 Å². The zero-order chi connectivity index (χ0) is 25.5. The van der Waals surface area contributed by atoms with Crippen LogP contribution in [0.25, 0.3) is 0 Å². The summed E-state index contributed by atoms with van der Waals surface area (Å²) in [7, 11) is 0. The van der Waals surface area contributed by atoms with Gasteiger partial charge in [0.05, 0.1) is 5.56 Å². The summed E-state index contributed by atoms with van der Waals surface area (Å²) in [5.74, 6) is -8.93. The van der Waals surface area contributed by atoms with Crippen LogP contribution in [0.4, 0.5) is 17.6 Å². The maximum absolute atomic E-state index is 13.7. The van der Waals surface area contributed by atoms with Gasteiger partial charge in [-0.25, -0.2) is 13.6 Å². The minimum absolute atomic E-state index is 0.0645. The number of oxime groups is 1. The van der Waals surface area contributed by atoms with Crippen LogP contribution < -0.4 is 20.9 Å². The number of nitrogens with zero attached hydrogens (tertiary/aromatic N) is 1. The Morgan fingerprint density at radius 2 is 1.37 bits per heavy atom. The van der Waals surface area contributed by atoms with Gasteiger partial charge < -0.3 is 25.8 Å². The van der Waals surface area contributed by atoms with Gasteiger partial charge in [0.1, 0.15) is 12.4 Å². The van der Waals surface area contributed by atoms with E-state index in [1.54, 1.807) is 0 Å². The fourth-order valence-corrected chi connectivity index (χ4v) is 2.64. The van der Waals surface area contributed by atoms with Crippen LogP contribution in [0.5, 0.6) is 11.5 Å². The van der Waals surface area contributed by atoms with E-state index in [1.165, 1.54) is 48.5 Å². The van der Waals surface area contributed by atoms with E-state index in [1.807, 2.05) is 0 Å². The molecule has 1 amide bonds. The predicted molar refractivity (Wildman–Crippen MR) is 114 cm³/mol. The first kappa shape index (κ1) is 25.0. The minimum atomic E-state index is -1.66. The summed E-state index contributed by atoms with van der Waals surface area (Å²) in [4.78, 5) is 27.7. The molecule has 0 radical (unpaired) electrons. The summed E-state index contributed by atoms with van der Waals surface area (Å²) in [6.45, 7) is -0.723. The standard InChI is InChI=1S/C23H17F4N3O5/c24-16-9-17(25)20(27)21(19(16)26)34-10-12-1-3-14(4-2-12)23(32)35-30-22(29)13-5-7-15(8-6-13)33-11-18(28)31/h1-9H,10-11H2,(H2,28,31)(H2,29,30). The Labute approximate surface area is 195 Å². The normalized spacial score (nSPS) is 11.1. The van der Waals surface area contributed by atoms with Crippen molar-refractivity contribution in [3.05, 3.63) is 94.6 Å². The van der Waals surface area contributed by atoms with Crippen LogP contribution >= 0.6 is 0 Å². The number of nitrogens with two attached hydrogens (primary N) is 2. The van der Waals surface area contributed by atoms with Crippen LogP contribution in [-0.2, 0) is 16.2 Å². The molecule has 182 valence electrons. The van der Waals surface area contributed by atoms with Crippen molar-refractivity contribution in [1.29, 1.82) is 0 Å². The third-order valence-electron chi connectivity index (χ3n) is 4.40. The van der Waals surface area contributed by atoms with E-state index < -0.39 is 47.5 Å².